The van der Waals surface area contributed by atoms with Gasteiger partial charge in [-0.1, -0.05) is 30.3 Å². The molecule has 1 aliphatic carbocycles. The SMILES string of the molecule is Cc1nc2n(n1)[C@H](c1ccccc1)C1=C(C[C@H](c3ccco3)CC1=O)N2. The predicted octanol–water partition coefficient (Wildman–Crippen LogP) is 3.60. The van der Waals surface area contributed by atoms with Crippen molar-refractivity contribution in [1.82, 2.24) is 14.8 Å². The van der Waals surface area contributed by atoms with E-state index in [2.05, 4.69) is 15.4 Å². The summed E-state index contributed by atoms with van der Waals surface area (Å²) in [5.41, 5.74) is 2.75. The largest absolute Gasteiger partial charge is 0.469 e. The molecule has 0 saturated heterocycles. The summed E-state index contributed by atoms with van der Waals surface area (Å²) in [5.74, 6) is 2.40. The molecule has 0 amide bonds. The summed E-state index contributed by atoms with van der Waals surface area (Å²) in [4.78, 5) is 17.6. The van der Waals surface area contributed by atoms with E-state index in [9.17, 15) is 4.79 Å². The number of allylic oxidation sites excluding steroid dienone is 2. The topological polar surface area (TPSA) is 73.0 Å². The number of Topliss-reactive ketones (excluding diaryl/α,β-unsaturated/α-hetero) is 1. The third-order valence-corrected chi connectivity index (χ3v) is 5.09. The normalized spacial score (nSPS) is 22.0. The summed E-state index contributed by atoms with van der Waals surface area (Å²) < 4.78 is 7.38. The molecule has 3 aromatic rings. The number of carbonyl (C=O) groups excluding carboxylic acids is 1. The molecular weight excluding hydrogens is 328 g/mol. The van der Waals surface area contributed by atoms with E-state index < -0.39 is 0 Å². The maximum absolute atomic E-state index is 13.1. The quantitative estimate of drug-likeness (QED) is 0.767. The molecule has 1 aromatic carbocycles. The zero-order valence-corrected chi connectivity index (χ0v) is 14.3. The molecule has 130 valence electrons. The highest BCUT2D eigenvalue weighted by Crippen LogP contribution is 2.43. The summed E-state index contributed by atoms with van der Waals surface area (Å²) in [7, 11) is 0. The summed E-state index contributed by atoms with van der Waals surface area (Å²) in [6.45, 7) is 1.86. The number of nitrogens with one attached hydrogen (secondary N) is 1. The molecule has 0 saturated carbocycles. The smallest absolute Gasteiger partial charge is 0.226 e. The molecule has 26 heavy (non-hydrogen) atoms. The Kier molecular flexibility index (Phi) is 3.31. The first kappa shape index (κ1) is 15.1. The van der Waals surface area contributed by atoms with Gasteiger partial charge in [0.1, 0.15) is 17.6 Å². The number of hydrogen-bond acceptors (Lipinski definition) is 5. The van der Waals surface area contributed by atoms with Crippen LogP contribution < -0.4 is 5.32 Å². The van der Waals surface area contributed by atoms with E-state index in [1.807, 2.05) is 54.1 Å². The minimum atomic E-state index is -0.242. The van der Waals surface area contributed by atoms with Crippen LogP contribution in [0.2, 0.25) is 0 Å². The Labute approximate surface area is 150 Å². The van der Waals surface area contributed by atoms with Gasteiger partial charge in [0.05, 0.1) is 6.26 Å². The van der Waals surface area contributed by atoms with Crippen LogP contribution in [0.1, 0.15) is 41.9 Å². The van der Waals surface area contributed by atoms with E-state index in [4.69, 9.17) is 4.42 Å². The molecule has 0 bridgehead atoms. The molecule has 0 radical (unpaired) electrons. The third kappa shape index (κ3) is 2.29. The van der Waals surface area contributed by atoms with Gasteiger partial charge in [0, 0.05) is 23.6 Å². The second-order valence-corrected chi connectivity index (χ2v) is 6.80. The molecule has 1 N–H and O–H groups in total. The number of anilines is 1. The highest BCUT2D eigenvalue weighted by atomic mass is 16.3. The van der Waals surface area contributed by atoms with Crippen LogP contribution in [0, 0.1) is 6.92 Å². The van der Waals surface area contributed by atoms with Crippen molar-refractivity contribution < 1.29 is 9.21 Å². The van der Waals surface area contributed by atoms with Crippen molar-refractivity contribution in [3.8, 4) is 0 Å². The van der Waals surface area contributed by atoms with Crippen molar-refractivity contribution in [2.45, 2.75) is 31.7 Å². The summed E-state index contributed by atoms with van der Waals surface area (Å²) in [6.07, 6.45) is 2.83. The summed E-state index contributed by atoms with van der Waals surface area (Å²) >= 11 is 0. The van der Waals surface area contributed by atoms with Crippen LogP contribution in [0.15, 0.2) is 64.4 Å². The number of ketones is 1. The van der Waals surface area contributed by atoms with Crippen molar-refractivity contribution in [1.29, 1.82) is 0 Å². The average Bonchev–Trinajstić information content (AvgIpc) is 3.29. The van der Waals surface area contributed by atoms with E-state index in [-0.39, 0.29) is 17.7 Å². The van der Waals surface area contributed by atoms with Crippen molar-refractivity contribution in [2.24, 2.45) is 0 Å². The predicted molar refractivity (Wildman–Crippen MR) is 95.7 cm³/mol. The second kappa shape index (κ2) is 5.69. The molecule has 1 aliphatic heterocycles. The lowest BCUT2D eigenvalue weighted by molar-refractivity contribution is -0.117. The van der Waals surface area contributed by atoms with E-state index >= 15 is 0 Å². The average molecular weight is 346 g/mol. The first-order valence-corrected chi connectivity index (χ1v) is 8.75. The van der Waals surface area contributed by atoms with Gasteiger partial charge in [-0.05, 0) is 31.0 Å². The molecule has 0 spiro atoms. The Bertz CT molecular complexity index is 1000. The molecule has 6 heteroatoms. The molecule has 0 unspecified atom stereocenters. The van der Waals surface area contributed by atoms with Gasteiger partial charge in [-0.3, -0.25) is 4.79 Å². The van der Waals surface area contributed by atoms with Gasteiger partial charge in [0.25, 0.3) is 0 Å². The zero-order chi connectivity index (χ0) is 17.7. The molecule has 2 aliphatic rings. The first-order chi connectivity index (χ1) is 12.7. The Hall–Kier alpha value is -3.15. The van der Waals surface area contributed by atoms with Crippen LogP contribution in [0.4, 0.5) is 5.95 Å². The van der Waals surface area contributed by atoms with Gasteiger partial charge in [0.2, 0.25) is 5.95 Å². The van der Waals surface area contributed by atoms with Crippen molar-refractivity contribution >= 4 is 11.7 Å². The van der Waals surface area contributed by atoms with E-state index in [1.54, 1.807) is 6.26 Å². The molecule has 6 nitrogen and oxygen atoms in total. The maximum atomic E-state index is 13.1. The number of benzene rings is 1. The molecule has 0 fully saturated rings. The van der Waals surface area contributed by atoms with Gasteiger partial charge >= 0.3 is 0 Å². The lowest BCUT2D eigenvalue weighted by Crippen LogP contribution is -2.33. The molecule has 3 heterocycles. The fourth-order valence-electron chi connectivity index (χ4n) is 3.99. The Morgan fingerprint density at radius 2 is 2.00 bits per heavy atom. The highest BCUT2D eigenvalue weighted by molar-refractivity contribution is 6.00. The third-order valence-electron chi connectivity index (χ3n) is 5.09. The minimum Gasteiger partial charge on any atom is -0.469 e. The number of hydrogen-bond donors (Lipinski definition) is 1. The van der Waals surface area contributed by atoms with Gasteiger partial charge < -0.3 is 9.73 Å². The number of nitrogens with zero attached hydrogens (tertiary/aromatic N) is 3. The first-order valence-electron chi connectivity index (χ1n) is 8.75. The fraction of sp³-hybridized carbons (Fsp3) is 0.250. The fourth-order valence-corrected chi connectivity index (χ4v) is 3.99. The molecule has 5 rings (SSSR count). The van der Waals surface area contributed by atoms with Crippen LogP contribution >= 0.6 is 0 Å². The van der Waals surface area contributed by atoms with Crippen LogP contribution in [0.25, 0.3) is 0 Å². The van der Waals surface area contributed by atoms with Crippen LogP contribution in [0.3, 0.4) is 0 Å². The molecule has 2 atom stereocenters. The summed E-state index contributed by atoms with van der Waals surface area (Å²) in [6, 6.07) is 13.6. The van der Waals surface area contributed by atoms with Gasteiger partial charge in [-0.15, -0.1) is 0 Å². The van der Waals surface area contributed by atoms with Gasteiger partial charge in [-0.2, -0.15) is 10.1 Å². The van der Waals surface area contributed by atoms with E-state index in [1.165, 1.54) is 0 Å². The second-order valence-electron chi connectivity index (χ2n) is 6.80. The number of fused-ring (bicyclic) bond motifs is 1. The van der Waals surface area contributed by atoms with Crippen LogP contribution in [-0.2, 0) is 4.79 Å². The van der Waals surface area contributed by atoms with Gasteiger partial charge in [0.15, 0.2) is 5.78 Å². The van der Waals surface area contributed by atoms with Crippen molar-refractivity contribution in [2.75, 3.05) is 5.32 Å². The number of aryl methyl sites for hydroxylation is 1. The Balaban J connectivity index is 1.64. The maximum Gasteiger partial charge on any atom is 0.226 e. The molecule has 2 aromatic heterocycles. The lowest BCUT2D eigenvalue weighted by Gasteiger charge is -2.34. The van der Waals surface area contributed by atoms with Crippen LogP contribution in [0.5, 0.6) is 0 Å². The van der Waals surface area contributed by atoms with Crippen LogP contribution in [-0.4, -0.2) is 20.5 Å². The summed E-state index contributed by atoms with van der Waals surface area (Å²) in [5, 5.41) is 7.89. The van der Waals surface area contributed by atoms with Crippen molar-refractivity contribution in [3.05, 3.63) is 77.1 Å². The number of carbonyl (C=O) groups is 1. The van der Waals surface area contributed by atoms with E-state index in [0.717, 1.165) is 29.0 Å². The number of furan rings is 1. The Morgan fingerprint density at radius 1 is 1.15 bits per heavy atom. The van der Waals surface area contributed by atoms with Crippen molar-refractivity contribution in [3.63, 3.8) is 0 Å². The van der Waals surface area contributed by atoms with Gasteiger partial charge in [-0.25, -0.2) is 4.68 Å². The lowest BCUT2D eigenvalue weighted by atomic mass is 9.79. The number of rotatable bonds is 2. The standard InChI is InChI=1S/C20H18N4O2/c1-12-21-20-22-15-10-14(17-8-5-9-26-17)11-16(25)18(15)19(24(20)23-12)13-6-3-2-4-7-13/h2-9,14,19H,10-11H2,1H3,(H,21,22,23)/t14-,19+/m0/s1. The van der Waals surface area contributed by atoms with E-state index in [0.29, 0.717) is 18.2 Å². The number of aromatic nitrogens is 3. The monoisotopic (exact) mass is 346 g/mol. The molecular formula is C20H18N4O2. The minimum absolute atomic E-state index is 0.0516. The zero-order valence-electron chi connectivity index (χ0n) is 14.3. The Morgan fingerprint density at radius 3 is 2.77 bits per heavy atom. The highest BCUT2D eigenvalue weighted by Gasteiger charge is 2.40.